The molecule has 0 aromatic carbocycles. The van der Waals surface area contributed by atoms with Gasteiger partial charge < -0.3 is 50.0 Å². The van der Waals surface area contributed by atoms with E-state index >= 15 is 0 Å². The zero-order valence-electron chi connectivity index (χ0n) is 11.8. The molecular weight excluding hydrogens is 340 g/mol. The highest BCUT2D eigenvalue weighted by Crippen LogP contribution is 2.24. The van der Waals surface area contributed by atoms with Crippen LogP contribution < -0.4 is 0 Å². The van der Waals surface area contributed by atoms with E-state index < -0.39 is 61.1 Å². The first kappa shape index (κ1) is 20.2. The second kappa shape index (κ2) is 8.29. The Hall–Kier alpha value is -1.87. The van der Waals surface area contributed by atoms with Gasteiger partial charge in [-0.25, -0.2) is 9.59 Å². The average Bonchev–Trinajstić information content (AvgIpc) is 2.52. The molecule has 7 N–H and O–H groups in total. The van der Waals surface area contributed by atoms with E-state index in [-0.39, 0.29) is 6.47 Å². The first-order chi connectivity index (χ1) is 11.1. The van der Waals surface area contributed by atoms with Gasteiger partial charge in [0.25, 0.3) is 6.47 Å². The summed E-state index contributed by atoms with van der Waals surface area (Å²) < 4.78 is 13.7. The first-order valence-electron chi connectivity index (χ1n) is 6.37. The third kappa shape index (κ3) is 4.35. The number of aliphatic hydroxyl groups excluding tert-OH is 5. The molecule has 0 bridgehead atoms. The Kier molecular flexibility index (Phi) is 6.97. The maximum atomic E-state index is 11.1. The monoisotopic (exact) mass is 356 g/mol. The number of carbonyl (C=O) groups excluding carboxylic acids is 1. The fraction of sp³-hybridized carbons (Fsp3) is 0.727. The number of carboxylic acids is 2. The minimum Gasteiger partial charge on any atom is -0.479 e. The van der Waals surface area contributed by atoms with Gasteiger partial charge in [-0.2, -0.15) is 0 Å². The number of rotatable bonds is 8. The van der Waals surface area contributed by atoms with Crippen molar-refractivity contribution < 1.29 is 64.3 Å². The van der Waals surface area contributed by atoms with Gasteiger partial charge in [-0.3, -0.25) is 4.79 Å². The predicted octanol–water partition coefficient (Wildman–Crippen LogP) is -4.80. The molecule has 1 heterocycles. The standard InChI is InChI=1S/C11H16O13/c12-1-22-10-5(16)2(13)6(17)11(24-10)23-7(9(20)21)3(14)4(15)8(18)19/h1-7,10-11,13-17H,(H,18,19)(H,20,21). The Labute approximate surface area is 133 Å². The minimum absolute atomic E-state index is 0.160. The van der Waals surface area contributed by atoms with E-state index in [2.05, 4.69) is 9.47 Å². The lowest BCUT2D eigenvalue weighted by Gasteiger charge is -2.40. The van der Waals surface area contributed by atoms with Crippen LogP contribution >= 0.6 is 0 Å². The van der Waals surface area contributed by atoms with Gasteiger partial charge in [0.15, 0.2) is 18.5 Å². The molecule has 0 aromatic heterocycles. The molecule has 0 aliphatic carbocycles. The van der Waals surface area contributed by atoms with Gasteiger partial charge in [-0.05, 0) is 0 Å². The summed E-state index contributed by atoms with van der Waals surface area (Å²) in [5, 5.41) is 65.0. The van der Waals surface area contributed by atoms with Gasteiger partial charge in [-0.15, -0.1) is 0 Å². The Bertz CT molecular complexity index is 467. The van der Waals surface area contributed by atoms with Crippen LogP contribution in [-0.4, -0.2) is 103 Å². The van der Waals surface area contributed by atoms with Gasteiger partial charge in [0.1, 0.15) is 24.4 Å². The number of carbonyl (C=O) groups is 3. The van der Waals surface area contributed by atoms with Crippen LogP contribution in [0.2, 0.25) is 0 Å². The molecule has 8 unspecified atom stereocenters. The van der Waals surface area contributed by atoms with Gasteiger partial charge in [0, 0.05) is 0 Å². The van der Waals surface area contributed by atoms with Crippen molar-refractivity contribution in [2.24, 2.45) is 0 Å². The zero-order chi connectivity index (χ0) is 18.6. The summed E-state index contributed by atoms with van der Waals surface area (Å²) in [6, 6.07) is 0. The zero-order valence-corrected chi connectivity index (χ0v) is 11.8. The van der Waals surface area contributed by atoms with Crippen molar-refractivity contribution in [3.05, 3.63) is 0 Å². The van der Waals surface area contributed by atoms with E-state index in [0.29, 0.717) is 0 Å². The molecule has 13 nitrogen and oxygen atoms in total. The van der Waals surface area contributed by atoms with Crippen molar-refractivity contribution in [2.45, 2.75) is 49.2 Å². The molecule has 13 heteroatoms. The third-order valence-corrected chi connectivity index (χ3v) is 3.13. The summed E-state index contributed by atoms with van der Waals surface area (Å²) >= 11 is 0. The molecule has 0 amide bonds. The van der Waals surface area contributed by atoms with Crippen LogP contribution in [0.5, 0.6) is 0 Å². The molecule has 8 atom stereocenters. The van der Waals surface area contributed by atoms with E-state index in [0.717, 1.165) is 0 Å². The number of hydrogen-bond donors (Lipinski definition) is 7. The largest absolute Gasteiger partial charge is 0.479 e. The normalized spacial score (nSPS) is 34.0. The van der Waals surface area contributed by atoms with Gasteiger partial charge in [0.05, 0.1) is 0 Å². The van der Waals surface area contributed by atoms with E-state index in [1.54, 1.807) is 0 Å². The predicted molar refractivity (Wildman–Crippen MR) is 66.0 cm³/mol. The molecule has 1 saturated heterocycles. The molecule has 1 aliphatic heterocycles. The first-order valence-corrected chi connectivity index (χ1v) is 6.37. The van der Waals surface area contributed by atoms with Crippen LogP contribution in [0.3, 0.4) is 0 Å². The molecule has 24 heavy (non-hydrogen) atoms. The molecule has 1 rings (SSSR count). The Morgan fingerprint density at radius 3 is 1.96 bits per heavy atom. The summed E-state index contributed by atoms with van der Waals surface area (Å²) in [6.45, 7) is -0.160. The highest BCUT2D eigenvalue weighted by molar-refractivity contribution is 5.77. The maximum Gasteiger partial charge on any atom is 0.335 e. The maximum absolute atomic E-state index is 11.1. The SMILES string of the molecule is O=COC1OC(OC(C(=O)O)C(O)C(O)C(=O)O)C(O)C(O)C1O. The van der Waals surface area contributed by atoms with Crippen molar-refractivity contribution in [3.63, 3.8) is 0 Å². The lowest BCUT2D eigenvalue weighted by Crippen LogP contribution is -2.61. The summed E-state index contributed by atoms with van der Waals surface area (Å²) in [5.41, 5.74) is 0. The molecule has 0 aromatic rings. The summed E-state index contributed by atoms with van der Waals surface area (Å²) in [6.07, 6.45) is -17.2. The molecule has 0 spiro atoms. The molecule has 0 saturated carbocycles. The highest BCUT2D eigenvalue weighted by atomic mass is 16.8. The van der Waals surface area contributed by atoms with E-state index in [1.165, 1.54) is 0 Å². The number of aliphatic hydroxyl groups is 5. The van der Waals surface area contributed by atoms with Crippen LogP contribution in [0.15, 0.2) is 0 Å². The van der Waals surface area contributed by atoms with Crippen molar-refractivity contribution >= 4 is 18.4 Å². The number of ether oxygens (including phenoxy) is 3. The molecule has 138 valence electrons. The van der Waals surface area contributed by atoms with Crippen molar-refractivity contribution in [1.29, 1.82) is 0 Å². The van der Waals surface area contributed by atoms with E-state index in [4.69, 9.17) is 14.9 Å². The minimum atomic E-state index is -2.54. The second-order valence-corrected chi connectivity index (χ2v) is 4.75. The third-order valence-electron chi connectivity index (χ3n) is 3.13. The van der Waals surface area contributed by atoms with Crippen LogP contribution in [0.1, 0.15) is 0 Å². The summed E-state index contributed by atoms with van der Waals surface area (Å²) in [5.74, 6) is -3.87. The van der Waals surface area contributed by atoms with Crippen LogP contribution in [0.25, 0.3) is 0 Å². The van der Waals surface area contributed by atoms with Crippen molar-refractivity contribution in [2.75, 3.05) is 0 Å². The second-order valence-electron chi connectivity index (χ2n) is 4.75. The quantitative estimate of drug-likeness (QED) is 0.203. The van der Waals surface area contributed by atoms with Crippen LogP contribution in [0.4, 0.5) is 0 Å². The fourth-order valence-corrected chi connectivity index (χ4v) is 1.84. The lowest BCUT2D eigenvalue weighted by molar-refractivity contribution is -0.350. The van der Waals surface area contributed by atoms with Gasteiger partial charge >= 0.3 is 11.9 Å². The summed E-state index contributed by atoms with van der Waals surface area (Å²) in [7, 11) is 0. The number of aliphatic carboxylic acids is 2. The van der Waals surface area contributed by atoms with Crippen molar-refractivity contribution in [1.82, 2.24) is 0 Å². The Morgan fingerprint density at radius 2 is 1.50 bits per heavy atom. The van der Waals surface area contributed by atoms with Crippen molar-refractivity contribution in [3.8, 4) is 0 Å². The molecule has 1 fully saturated rings. The molecule has 0 radical (unpaired) electrons. The van der Waals surface area contributed by atoms with E-state index in [1.807, 2.05) is 0 Å². The van der Waals surface area contributed by atoms with E-state index in [9.17, 15) is 39.9 Å². The van der Waals surface area contributed by atoms with Crippen LogP contribution in [0, 0.1) is 0 Å². The van der Waals surface area contributed by atoms with Gasteiger partial charge in [-0.1, -0.05) is 0 Å². The smallest absolute Gasteiger partial charge is 0.335 e. The highest BCUT2D eigenvalue weighted by Gasteiger charge is 2.48. The number of carboxylic acid groups (broad SMARTS) is 2. The topological polar surface area (TPSA) is 221 Å². The number of hydrogen-bond acceptors (Lipinski definition) is 11. The van der Waals surface area contributed by atoms with Crippen LogP contribution in [-0.2, 0) is 28.6 Å². The fourth-order valence-electron chi connectivity index (χ4n) is 1.84. The Morgan fingerprint density at radius 1 is 0.958 bits per heavy atom. The molecular formula is C11H16O13. The Balaban J connectivity index is 2.93. The lowest BCUT2D eigenvalue weighted by atomic mass is 10.0. The van der Waals surface area contributed by atoms with Gasteiger partial charge in [0.2, 0.25) is 6.29 Å². The summed E-state index contributed by atoms with van der Waals surface area (Å²) in [4.78, 5) is 31.9. The average molecular weight is 356 g/mol. The molecule has 1 aliphatic rings.